The Balaban J connectivity index is 1.56. The van der Waals surface area contributed by atoms with Crippen LogP contribution in [0.1, 0.15) is 57.1 Å². The molecule has 3 rings (SSSR count). The van der Waals surface area contributed by atoms with Crippen molar-refractivity contribution in [3.05, 3.63) is 29.6 Å². The van der Waals surface area contributed by atoms with Crippen LogP contribution in [0.5, 0.6) is 5.75 Å². The van der Waals surface area contributed by atoms with Crippen LogP contribution in [0.25, 0.3) is 0 Å². The second-order valence-electron chi connectivity index (χ2n) is 6.35. The zero-order valence-corrected chi connectivity index (χ0v) is 12.5. The lowest BCUT2D eigenvalue weighted by Crippen LogP contribution is -2.27. The van der Waals surface area contributed by atoms with Gasteiger partial charge in [-0.1, -0.05) is 18.9 Å². The molecule has 0 radical (unpaired) electrons. The molecule has 1 saturated carbocycles. The Morgan fingerprint density at radius 2 is 2.14 bits per heavy atom. The molecule has 4 heteroatoms. The zero-order valence-electron chi connectivity index (χ0n) is 12.5. The minimum absolute atomic E-state index is 0.0685. The number of ether oxygens (including phenoxy) is 2. The summed E-state index contributed by atoms with van der Waals surface area (Å²) in [6, 6.07) is 4.60. The Kier molecular flexibility index (Phi) is 4.18. The highest BCUT2D eigenvalue weighted by molar-refractivity contribution is 5.30. The van der Waals surface area contributed by atoms with E-state index in [9.17, 15) is 9.50 Å². The van der Waals surface area contributed by atoms with Gasteiger partial charge in [-0.3, -0.25) is 0 Å². The van der Waals surface area contributed by atoms with Gasteiger partial charge < -0.3 is 14.6 Å². The number of hydrogen-bond donors (Lipinski definition) is 1. The van der Waals surface area contributed by atoms with Gasteiger partial charge in [0.05, 0.1) is 17.8 Å². The summed E-state index contributed by atoms with van der Waals surface area (Å²) in [4.78, 5) is 0. The Morgan fingerprint density at radius 1 is 1.38 bits per heavy atom. The zero-order chi connectivity index (χ0) is 14.9. The van der Waals surface area contributed by atoms with Crippen molar-refractivity contribution in [2.24, 2.45) is 0 Å². The molecule has 1 aliphatic heterocycles. The highest BCUT2D eigenvalue weighted by Crippen LogP contribution is 2.43. The van der Waals surface area contributed by atoms with E-state index in [1.807, 2.05) is 0 Å². The summed E-state index contributed by atoms with van der Waals surface area (Å²) in [5.41, 5.74) is 0.643. The third kappa shape index (κ3) is 3.22. The van der Waals surface area contributed by atoms with Gasteiger partial charge in [-0.05, 0) is 50.3 Å². The van der Waals surface area contributed by atoms with Crippen LogP contribution in [0.3, 0.4) is 0 Å². The Bertz CT molecular complexity index is 495. The Labute approximate surface area is 125 Å². The topological polar surface area (TPSA) is 38.7 Å². The van der Waals surface area contributed by atoms with Crippen LogP contribution in [0.2, 0.25) is 0 Å². The number of aliphatic hydroxyl groups is 1. The quantitative estimate of drug-likeness (QED) is 0.919. The van der Waals surface area contributed by atoms with Gasteiger partial charge in [0.15, 0.2) is 11.6 Å². The maximum absolute atomic E-state index is 13.9. The first-order valence-electron chi connectivity index (χ1n) is 7.86. The SMILES string of the molecule is C[C@H](O)c1ccc(OCC2CCC3(CCCC3)O2)c(F)c1. The molecule has 2 aliphatic rings. The predicted octanol–water partition coefficient (Wildman–Crippen LogP) is 3.75. The van der Waals surface area contributed by atoms with E-state index in [2.05, 4.69) is 0 Å². The molecule has 1 spiro atoms. The van der Waals surface area contributed by atoms with Crippen LogP contribution in [0.15, 0.2) is 18.2 Å². The lowest BCUT2D eigenvalue weighted by atomic mass is 9.98. The van der Waals surface area contributed by atoms with Gasteiger partial charge in [0.2, 0.25) is 0 Å². The van der Waals surface area contributed by atoms with Crippen LogP contribution in [-0.4, -0.2) is 23.4 Å². The molecular weight excluding hydrogens is 271 g/mol. The first kappa shape index (κ1) is 14.8. The number of halogens is 1. The fourth-order valence-electron chi connectivity index (χ4n) is 3.48. The van der Waals surface area contributed by atoms with Crippen LogP contribution in [-0.2, 0) is 4.74 Å². The number of hydrogen-bond acceptors (Lipinski definition) is 3. The van der Waals surface area contributed by atoms with Crippen LogP contribution < -0.4 is 4.74 Å². The van der Waals surface area contributed by atoms with E-state index in [-0.39, 0.29) is 17.5 Å². The molecule has 1 aromatic carbocycles. The van der Waals surface area contributed by atoms with Gasteiger partial charge in [-0.15, -0.1) is 0 Å². The average Bonchev–Trinajstić information content (AvgIpc) is 3.08. The molecule has 2 atom stereocenters. The lowest BCUT2D eigenvalue weighted by Gasteiger charge is -2.23. The van der Waals surface area contributed by atoms with Gasteiger partial charge in [-0.25, -0.2) is 4.39 Å². The molecule has 1 heterocycles. The number of benzene rings is 1. The van der Waals surface area contributed by atoms with Crippen molar-refractivity contribution in [3.63, 3.8) is 0 Å². The summed E-state index contributed by atoms with van der Waals surface area (Å²) in [5.74, 6) is -0.197. The van der Waals surface area contributed by atoms with Gasteiger partial charge in [0.1, 0.15) is 6.61 Å². The average molecular weight is 294 g/mol. The van der Waals surface area contributed by atoms with E-state index in [0.717, 1.165) is 25.7 Å². The van der Waals surface area contributed by atoms with Gasteiger partial charge in [-0.2, -0.15) is 0 Å². The molecule has 3 nitrogen and oxygen atoms in total. The van der Waals surface area contributed by atoms with Crippen LogP contribution >= 0.6 is 0 Å². The van der Waals surface area contributed by atoms with Crippen LogP contribution in [0.4, 0.5) is 4.39 Å². The summed E-state index contributed by atoms with van der Waals surface area (Å²) in [6.45, 7) is 2.01. The normalized spacial score (nSPS) is 25.4. The van der Waals surface area contributed by atoms with E-state index in [0.29, 0.717) is 12.2 Å². The molecule has 2 fully saturated rings. The number of rotatable bonds is 4. The third-order valence-electron chi connectivity index (χ3n) is 4.72. The largest absolute Gasteiger partial charge is 0.488 e. The molecular formula is C17H23FO3. The van der Waals surface area contributed by atoms with Crippen molar-refractivity contribution in [3.8, 4) is 5.75 Å². The molecule has 1 aromatic rings. The van der Waals surface area contributed by atoms with E-state index in [4.69, 9.17) is 9.47 Å². The van der Waals surface area contributed by atoms with E-state index in [1.165, 1.54) is 18.9 Å². The molecule has 21 heavy (non-hydrogen) atoms. The highest BCUT2D eigenvalue weighted by Gasteiger charge is 2.42. The standard InChI is InChI=1S/C17H23FO3/c1-12(19)13-4-5-16(15(18)10-13)20-11-14-6-9-17(21-14)7-2-3-8-17/h4-5,10,12,14,19H,2-3,6-9,11H2,1H3/t12-,14?/m0/s1. The third-order valence-corrected chi connectivity index (χ3v) is 4.72. The van der Waals surface area contributed by atoms with Gasteiger partial charge in [0, 0.05) is 0 Å². The summed E-state index contributed by atoms with van der Waals surface area (Å²) < 4.78 is 25.6. The molecule has 0 aromatic heterocycles. The monoisotopic (exact) mass is 294 g/mol. The van der Waals surface area contributed by atoms with E-state index < -0.39 is 11.9 Å². The van der Waals surface area contributed by atoms with Crippen molar-refractivity contribution in [1.82, 2.24) is 0 Å². The van der Waals surface area contributed by atoms with Gasteiger partial charge in [0.25, 0.3) is 0 Å². The maximum Gasteiger partial charge on any atom is 0.165 e. The first-order valence-corrected chi connectivity index (χ1v) is 7.86. The first-order chi connectivity index (χ1) is 10.1. The predicted molar refractivity (Wildman–Crippen MR) is 77.8 cm³/mol. The molecule has 1 saturated heterocycles. The van der Waals surface area contributed by atoms with Crippen LogP contribution in [0, 0.1) is 5.82 Å². The Hall–Kier alpha value is -1.13. The molecule has 1 unspecified atom stereocenters. The van der Waals surface area contributed by atoms with Crippen molar-refractivity contribution >= 4 is 0 Å². The number of aliphatic hydroxyl groups excluding tert-OH is 1. The van der Waals surface area contributed by atoms with Crippen molar-refractivity contribution in [2.45, 2.75) is 63.3 Å². The van der Waals surface area contributed by atoms with E-state index in [1.54, 1.807) is 19.1 Å². The smallest absolute Gasteiger partial charge is 0.165 e. The summed E-state index contributed by atoms with van der Waals surface area (Å²) >= 11 is 0. The fourth-order valence-corrected chi connectivity index (χ4v) is 3.48. The fraction of sp³-hybridized carbons (Fsp3) is 0.647. The molecule has 0 amide bonds. The van der Waals surface area contributed by atoms with E-state index >= 15 is 0 Å². The lowest BCUT2D eigenvalue weighted by molar-refractivity contribution is -0.0512. The minimum Gasteiger partial charge on any atom is -0.488 e. The summed E-state index contributed by atoms with van der Waals surface area (Å²) in [6.07, 6.45) is 6.30. The summed E-state index contributed by atoms with van der Waals surface area (Å²) in [5, 5.41) is 9.43. The Morgan fingerprint density at radius 3 is 2.81 bits per heavy atom. The maximum atomic E-state index is 13.9. The summed E-state index contributed by atoms with van der Waals surface area (Å²) in [7, 11) is 0. The van der Waals surface area contributed by atoms with Gasteiger partial charge >= 0.3 is 0 Å². The molecule has 116 valence electrons. The van der Waals surface area contributed by atoms with Crippen molar-refractivity contribution < 1.29 is 19.0 Å². The van der Waals surface area contributed by atoms with Crippen molar-refractivity contribution in [2.75, 3.05) is 6.61 Å². The second kappa shape index (κ2) is 5.93. The second-order valence-corrected chi connectivity index (χ2v) is 6.35. The molecule has 1 aliphatic carbocycles. The molecule has 0 bridgehead atoms. The van der Waals surface area contributed by atoms with Crippen molar-refractivity contribution in [1.29, 1.82) is 0 Å². The minimum atomic E-state index is -0.672. The highest BCUT2D eigenvalue weighted by atomic mass is 19.1. The molecule has 1 N–H and O–H groups in total.